The van der Waals surface area contributed by atoms with Crippen molar-refractivity contribution in [3.05, 3.63) is 0 Å². The van der Waals surface area contributed by atoms with Gasteiger partial charge in [0.2, 0.25) is 0 Å². The number of hydrogen-bond donors (Lipinski definition) is 1. The third-order valence-corrected chi connectivity index (χ3v) is 3.84. The standard InChI is InChI=1S/C12H25N3/c1-14(5-3-11-7-13-8-11)9-12-4-6-15(2)10-12/h11-13H,3-10H2,1-2H3. The molecule has 1 atom stereocenters. The van der Waals surface area contributed by atoms with E-state index in [4.69, 9.17) is 0 Å². The van der Waals surface area contributed by atoms with Crippen LogP contribution in [0.2, 0.25) is 0 Å². The summed E-state index contributed by atoms with van der Waals surface area (Å²) in [6.45, 7) is 7.68. The first-order valence-corrected chi connectivity index (χ1v) is 6.32. The lowest BCUT2D eigenvalue weighted by molar-refractivity contribution is 0.231. The van der Waals surface area contributed by atoms with Gasteiger partial charge in [-0.2, -0.15) is 0 Å². The predicted molar refractivity (Wildman–Crippen MR) is 64.1 cm³/mol. The third kappa shape index (κ3) is 3.44. The molecule has 0 aromatic heterocycles. The summed E-state index contributed by atoms with van der Waals surface area (Å²) in [4.78, 5) is 4.98. The van der Waals surface area contributed by atoms with Crippen LogP contribution in [0.5, 0.6) is 0 Å². The molecule has 1 N–H and O–H groups in total. The lowest BCUT2D eigenvalue weighted by atomic mass is 9.99. The van der Waals surface area contributed by atoms with E-state index in [9.17, 15) is 0 Å². The molecule has 0 radical (unpaired) electrons. The van der Waals surface area contributed by atoms with Crippen LogP contribution >= 0.6 is 0 Å². The lowest BCUT2D eigenvalue weighted by Gasteiger charge is -2.29. The van der Waals surface area contributed by atoms with Crippen molar-refractivity contribution in [2.75, 3.05) is 53.4 Å². The van der Waals surface area contributed by atoms with Crippen LogP contribution < -0.4 is 5.32 Å². The van der Waals surface area contributed by atoms with E-state index < -0.39 is 0 Å². The highest BCUT2D eigenvalue weighted by Crippen LogP contribution is 2.16. The molecule has 2 heterocycles. The molecule has 0 aliphatic carbocycles. The van der Waals surface area contributed by atoms with Gasteiger partial charge in [-0.3, -0.25) is 0 Å². The first-order chi connectivity index (χ1) is 7.24. The van der Waals surface area contributed by atoms with Gasteiger partial charge in [0.15, 0.2) is 0 Å². The van der Waals surface area contributed by atoms with Gasteiger partial charge in [-0.1, -0.05) is 0 Å². The van der Waals surface area contributed by atoms with Gasteiger partial charge in [-0.05, 0) is 65.0 Å². The van der Waals surface area contributed by atoms with E-state index in [2.05, 4.69) is 29.2 Å². The second kappa shape index (κ2) is 5.28. The van der Waals surface area contributed by atoms with E-state index >= 15 is 0 Å². The summed E-state index contributed by atoms with van der Waals surface area (Å²) in [5.41, 5.74) is 0. The van der Waals surface area contributed by atoms with Crippen molar-refractivity contribution >= 4 is 0 Å². The average Bonchev–Trinajstić information content (AvgIpc) is 2.48. The van der Waals surface area contributed by atoms with Gasteiger partial charge >= 0.3 is 0 Å². The monoisotopic (exact) mass is 211 g/mol. The van der Waals surface area contributed by atoms with Gasteiger partial charge in [-0.15, -0.1) is 0 Å². The minimum atomic E-state index is 0.916. The molecule has 3 heteroatoms. The highest BCUT2D eigenvalue weighted by Gasteiger charge is 2.21. The van der Waals surface area contributed by atoms with E-state index in [1.165, 1.54) is 52.1 Å². The molecule has 3 nitrogen and oxygen atoms in total. The van der Waals surface area contributed by atoms with Crippen molar-refractivity contribution in [1.82, 2.24) is 15.1 Å². The number of hydrogen-bond acceptors (Lipinski definition) is 3. The van der Waals surface area contributed by atoms with Crippen LogP contribution in [0.25, 0.3) is 0 Å². The Kier molecular flexibility index (Phi) is 4.00. The Morgan fingerprint density at radius 1 is 1.33 bits per heavy atom. The Labute approximate surface area is 93.8 Å². The topological polar surface area (TPSA) is 18.5 Å². The first-order valence-electron chi connectivity index (χ1n) is 6.32. The van der Waals surface area contributed by atoms with Crippen LogP contribution in [-0.2, 0) is 0 Å². The van der Waals surface area contributed by atoms with Crippen molar-refractivity contribution < 1.29 is 0 Å². The molecule has 88 valence electrons. The van der Waals surface area contributed by atoms with E-state index in [0.29, 0.717) is 0 Å². The number of nitrogens with one attached hydrogen (secondary N) is 1. The molecule has 0 amide bonds. The summed E-state index contributed by atoms with van der Waals surface area (Å²) < 4.78 is 0. The molecular formula is C12H25N3. The maximum atomic E-state index is 3.34. The zero-order chi connectivity index (χ0) is 10.7. The molecule has 2 aliphatic heterocycles. The molecule has 15 heavy (non-hydrogen) atoms. The first kappa shape index (κ1) is 11.4. The summed E-state index contributed by atoms with van der Waals surface area (Å²) in [5, 5.41) is 3.34. The minimum absolute atomic E-state index is 0.916. The number of nitrogens with zero attached hydrogens (tertiary/aromatic N) is 2. The molecule has 2 aliphatic rings. The van der Waals surface area contributed by atoms with Crippen molar-refractivity contribution in [3.8, 4) is 0 Å². The Morgan fingerprint density at radius 2 is 2.13 bits per heavy atom. The average molecular weight is 211 g/mol. The van der Waals surface area contributed by atoms with Gasteiger partial charge in [-0.25, -0.2) is 0 Å². The van der Waals surface area contributed by atoms with E-state index in [1.54, 1.807) is 0 Å². The molecular weight excluding hydrogens is 186 g/mol. The van der Waals surface area contributed by atoms with Crippen LogP contribution in [0.4, 0.5) is 0 Å². The quantitative estimate of drug-likeness (QED) is 0.713. The van der Waals surface area contributed by atoms with Crippen LogP contribution in [0.1, 0.15) is 12.8 Å². The van der Waals surface area contributed by atoms with Gasteiger partial charge in [0.05, 0.1) is 0 Å². The fourth-order valence-corrected chi connectivity index (χ4v) is 2.66. The van der Waals surface area contributed by atoms with Gasteiger partial charge in [0.25, 0.3) is 0 Å². The largest absolute Gasteiger partial charge is 0.316 e. The lowest BCUT2D eigenvalue weighted by Crippen LogP contribution is -2.43. The number of likely N-dealkylation sites (tertiary alicyclic amines) is 1. The maximum Gasteiger partial charge on any atom is 0.00193 e. The fraction of sp³-hybridized carbons (Fsp3) is 1.00. The zero-order valence-electron chi connectivity index (χ0n) is 10.2. The van der Waals surface area contributed by atoms with Crippen molar-refractivity contribution in [1.29, 1.82) is 0 Å². The Bertz CT molecular complexity index is 191. The highest BCUT2D eigenvalue weighted by molar-refractivity contribution is 4.78. The van der Waals surface area contributed by atoms with E-state index in [0.717, 1.165) is 11.8 Å². The van der Waals surface area contributed by atoms with Crippen molar-refractivity contribution in [2.45, 2.75) is 12.8 Å². The summed E-state index contributed by atoms with van der Waals surface area (Å²) in [7, 11) is 4.52. The Morgan fingerprint density at radius 3 is 2.67 bits per heavy atom. The van der Waals surface area contributed by atoms with E-state index in [1.807, 2.05) is 0 Å². The van der Waals surface area contributed by atoms with Gasteiger partial charge < -0.3 is 15.1 Å². The zero-order valence-corrected chi connectivity index (χ0v) is 10.2. The van der Waals surface area contributed by atoms with Crippen LogP contribution in [0.3, 0.4) is 0 Å². The van der Waals surface area contributed by atoms with Gasteiger partial charge in [0.1, 0.15) is 0 Å². The SMILES string of the molecule is CN(CCC1CNC1)CC1CCN(C)C1. The summed E-state index contributed by atoms with van der Waals surface area (Å²) >= 11 is 0. The minimum Gasteiger partial charge on any atom is -0.316 e. The molecule has 2 fully saturated rings. The molecule has 0 bridgehead atoms. The van der Waals surface area contributed by atoms with Crippen LogP contribution in [0.15, 0.2) is 0 Å². The molecule has 0 aromatic rings. The second-order valence-electron chi connectivity index (χ2n) is 5.49. The maximum absolute atomic E-state index is 3.34. The Balaban J connectivity index is 1.57. The normalized spacial score (nSPS) is 28.6. The van der Waals surface area contributed by atoms with Crippen LogP contribution in [0, 0.1) is 11.8 Å². The summed E-state index contributed by atoms with van der Waals surface area (Å²) in [5.74, 6) is 1.87. The molecule has 2 rings (SSSR count). The number of rotatable bonds is 5. The third-order valence-electron chi connectivity index (χ3n) is 3.84. The van der Waals surface area contributed by atoms with Crippen molar-refractivity contribution in [3.63, 3.8) is 0 Å². The van der Waals surface area contributed by atoms with Crippen molar-refractivity contribution in [2.24, 2.45) is 11.8 Å². The smallest absolute Gasteiger partial charge is 0.00193 e. The Hall–Kier alpha value is -0.120. The summed E-state index contributed by atoms with van der Waals surface area (Å²) in [6.07, 6.45) is 2.78. The van der Waals surface area contributed by atoms with Gasteiger partial charge in [0, 0.05) is 13.1 Å². The molecule has 0 spiro atoms. The highest BCUT2D eigenvalue weighted by atomic mass is 15.1. The molecule has 0 aromatic carbocycles. The molecule has 0 saturated carbocycles. The molecule has 2 saturated heterocycles. The fourth-order valence-electron chi connectivity index (χ4n) is 2.66. The summed E-state index contributed by atoms with van der Waals surface area (Å²) in [6, 6.07) is 0. The molecule has 1 unspecified atom stereocenters. The van der Waals surface area contributed by atoms with E-state index in [-0.39, 0.29) is 0 Å². The second-order valence-corrected chi connectivity index (χ2v) is 5.49. The van der Waals surface area contributed by atoms with Crippen LogP contribution in [-0.4, -0.2) is 63.2 Å². The predicted octanol–water partition coefficient (Wildman–Crippen LogP) is 0.479.